The average molecular weight is 1030 g/mol. The molecule has 0 spiro atoms. The molecule has 21 heteroatoms. The lowest BCUT2D eigenvalue weighted by atomic mass is 9.78. The second-order valence-electron chi connectivity index (χ2n) is 22.9. The molecule has 8 rings (SSSR count). The van der Waals surface area contributed by atoms with Crippen molar-refractivity contribution in [2.45, 2.75) is 163 Å². The Labute approximate surface area is 420 Å². The summed E-state index contributed by atoms with van der Waals surface area (Å²) >= 11 is 0. The highest BCUT2D eigenvalue weighted by molar-refractivity contribution is 7.91. The summed E-state index contributed by atoms with van der Waals surface area (Å²) in [5.41, 5.74) is 4.54. The van der Waals surface area contributed by atoms with Gasteiger partial charge in [-0.1, -0.05) is 46.2 Å². The van der Waals surface area contributed by atoms with Gasteiger partial charge in [-0.15, -0.1) is 20.4 Å². The number of nitrogens with zero attached hydrogens (tertiary/aromatic N) is 8. The van der Waals surface area contributed by atoms with E-state index in [2.05, 4.69) is 76.4 Å². The van der Waals surface area contributed by atoms with E-state index in [1.54, 1.807) is 26.2 Å². The van der Waals surface area contributed by atoms with Crippen LogP contribution in [-0.4, -0.2) is 112 Å². The normalized spacial score (nSPS) is 18.5. The van der Waals surface area contributed by atoms with E-state index in [9.17, 15) is 13.2 Å². The summed E-state index contributed by atoms with van der Waals surface area (Å²) < 4.78 is 57.3. The van der Waals surface area contributed by atoms with Crippen LogP contribution in [0, 0.1) is 25.7 Å². The van der Waals surface area contributed by atoms with Crippen molar-refractivity contribution in [3.8, 4) is 22.9 Å². The molecule has 0 saturated heterocycles. The minimum atomic E-state index is -2.97. The van der Waals surface area contributed by atoms with Crippen molar-refractivity contribution < 1.29 is 36.3 Å². The molecule has 0 radical (unpaired) electrons. The largest absolute Gasteiger partial charge is 0.460 e. The van der Waals surface area contributed by atoms with Gasteiger partial charge >= 0.3 is 5.97 Å². The van der Waals surface area contributed by atoms with Crippen LogP contribution in [-0.2, 0) is 42.3 Å². The number of rotatable bonds is 22. The molecule has 2 N–H and O–H groups in total. The molecule has 0 atom stereocenters. The Morgan fingerprint density at radius 3 is 1.58 bits per heavy atom. The molecule has 0 unspecified atom stereocenters. The number of aromatic nitrogens is 8. The molecule has 2 aliphatic rings. The summed E-state index contributed by atoms with van der Waals surface area (Å²) in [5, 5.41) is 25.7. The third-order valence-electron chi connectivity index (χ3n) is 12.6. The van der Waals surface area contributed by atoms with Crippen LogP contribution >= 0.6 is 0 Å². The van der Waals surface area contributed by atoms with Gasteiger partial charge in [-0.25, -0.2) is 18.4 Å². The van der Waals surface area contributed by atoms with E-state index in [0.29, 0.717) is 55.8 Å². The van der Waals surface area contributed by atoms with E-state index in [0.717, 1.165) is 95.6 Å². The number of sulfone groups is 1. The number of carbonyl (C=O) groups is 1. The van der Waals surface area contributed by atoms with Gasteiger partial charge in [0.15, 0.2) is 9.84 Å². The lowest BCUT2D eigenvalue weighted by molar-refractivity contribution is -0.156. The topological polar surface area (TPSA) is 216 Å². The number of fused-ring (bicyclic) bond motifs is 2. The number of esters is 1. The molecular formula is C50H76N10O8SSi2. The number of nitrogens with one attached hydrogen (secondary N) is 2. The van der Waals surface area contributed by atoms with Crippen molar-refractivity contribution in [2.75, 3.05) is 35.4 Å². The first-order valence-corrected chi connectivity index (χ1v) is 34.3. The Kier molecular flexibility index (Phi) is 17.0. The maximum absolute atomic E-state index is 12.2. The van der Waals surface area contributed by atoms with Crippen LogP contribution in [0.4, 0.5) is 11.4 Å². The van der Waals surface area contributed by atoms with Crippen molar-refractivity contribution in [2.24, 2.45) is 11.8 Å². The van der Waals surface area contributed by atoms with Crippen LogP contribution in [0.1, 0.15) is 78.0 Å². The van der Waals surface area contributed by atoms with E-state index in [1.165, 1.54) is 0 Å². The van der Waals surface area contributed by atoms with E-state index >= 15 is 0 Å². The highest BCUT2D eigenvalue weighted by atomic mass is 32.2. The van der Waals surface area contributed by atoms with E-state index in [1.807, 2.05) is 55.3 Å². The van der Waals surface area contributed by atoms with Gasteiger partial charge in [0, 0.05) is 103 Å². The molecular weight excluding hydrogens is 957 g/mol. The molecule has 18 nitrogen and oxygen atoms in total. The van der Waals surface area contributed by atoms with Gasteiger partial charge in [0.1, 0.15) is 30.4 Å². The summed E-state index contributed by atoms with van der Waals surface area (Å²) in [6, 6.07) is 6.74. The predicted octanol–water partition coefficient (Wildman–Crippen LogP) is 10.4. The summed E-state index contributed by atoms with van der Waals surface area (Å²) in [7, 11) is -5.26. The van der Waals surface area contributed by atoms with Crippen LogP contribution in [0.15, 0.2) is 45.8 Å². The number of hydrogen-bond acceptors (Lipinski definition) is 16. The number of pyridine rings is 2. The molecule has 71 heavy (non-hydrogen) atoms. The molecule has 2 saturated carbocycles. The first-order valence-electron chi connectivity index (χ1n) is 25.1. The fourth-order valence-corrected chi connectivity index (χ4v) is 12.1. The maximum atomic E-state index is 12.2. The molecule has 388 valence electrons. The number of carbonyl (C=O) groups excluding carboxylic acids is 1. The van der Waals surface area contributed by atoms with Crippen molar-refractivity contribution in [3.05, 3.63) is 48.7 Å². The summed E-state index contributed by atoms with van der Waals surface area (Å²) in [4.78, 5) is 21.6. The van der Waals surface area contributed by atoms with Gasteiger partial charge in [-0.2, -0.15) is 0 Å². The molecule has 0 amide bonds. The quantitative estimate of drug-likeness (QED) is 0.0367. The highest BCUT2D eigenvalue weighted by Gasteiger charge is 2.35. The first kappa shape index (κ1) is 53.8. The van der Waals surface area contributed by atoms with Gasteiger partial charge in [0.2, 0.25) is 11.8 Å². The molecule has 6 aromatic heterocycles. The number of aryl methyl sites for hydroxylation is 2. The number of hydrogen-bond donors (Lipinski definition) is 2. The third kappa shape index (κ3) is 15.0. The molecule has 0 aliphatic heterocycles. The summed E-state index contributed by atoms with van der Waals surface area (Å²) in [5.74, 6) is 2.76. The zero-order valence-electron chi connectivity index (χ0n) is 43.9. The Bertz CT molecular complexity index is 2850. The van der Waals surface area contributed by atoms with Gasteiger partial charge < -0.3 is 42.8 Å². The van der Waals surface area contributed by atoms with Crippen molar-refractivity contribution in [1.29, 1.82) is 0 Å². The van der Waals surface area contributed by atoms with E-state index in [4.69, 9.17) is 33.0 Å². The zero-order valence-corrected chi connectivity index (χ0v) is 46.7. The second kappa shape index (κ2) is 22.4. The van der Waals surface area contributed by atoms with Gasteiger partial charge in [0.05, 0.1) is 28.3 Å². The Morgan fingerprint density at radius 2 is 1.18 bits per heavy atom. The Balaban J connectivity index is 0.000000209. The summed E-state index contributed by atoms with van der Waals surface area (Å²) in [6.07, 6.45) is 12.1. The lowest BCUT2D eigenvalue weighted by Crippen LogP contribution is -2.39. The fourth-order valence-electron chi connectivity index (χ4n) is 8.80. The molecule has 6 heterocycles. The van der Waals surface area contributed by atoms with Crippen LogP contribution in [0.25, 0.3) is 45.0 Å². The minimum absolute atomic E-state index is 0.134. The highest BCUT2D eigenvalue weighted by Crippen LogP contribution is 2.41. The fraction of sp³-hybridized carbons (Fsp3) is 0.620. The van der Waals surface area contributed by atoms with Crippen LogP contribution in [0.5, 0.6) is 0 Å². The lowest BCUT2D eigenvalue weighted by Gasteiger charge is -2.37. The zero-order chi connectivity index (χ0) is 51.3. The monoisotopic (exact) mass is 1030 g/mol. The molecule has 0 bridgehead atoms. The minimum Gasteiger partial charge on any atom is -0.460 e. The van der Waals surface area contributed by atoms with E-state index < -0.39 is 31.6 Å². The molecule has 6 aromatic rings. The predicted molar refractivity (Wildman–Crippen MR) is 283 cm³/mol. The number of anilines is 2. The average Bonchev–Trinajstić information content (AvgIpc) is 4.06. The van der Waals surface area contributed by atoms with Crippen LogP contribution in [0.2, 0.25) is 51.4 Å². The molecule has 2 fully saturated rings. The van der Waals surface area contributed by atoms with Gasteiger partial charge in [-0.3, -0.25) is 4.79 Å². The standard InChI is InChI=1S/C26H39N5O4Si.C24H37N5O4SSi/c1-17-29-30-25(34-17)21-15-27-24-20(8-9-31(24)16-33-10-11-36(5,6)7)23(21)28-19-12-18(13-19)14-22(32)35-26(2,3)4;1-6-10-34(30,31)15-18-12-19(13-18)26-22-20-7-8-29(16-32-9-11-35(3,4)5)23(20)25-14-21(22)24-28-27-17(2)33-24/h8-9,15,18-19H,10-14,16H2,1-7H3,(H,27,28);7-8,14,18-19H,6,9-13,15-16H2,1-5H3,(H,25,26). The van der Waals surface area contributed by atoms with Gasteiger partial charge in [0.25, 0.3) is 11.8 Å². The maximum Gasteiger partial charge on any atom is 0.306 e. The SMILES string of the molecule is CCCS(=O)(=O)CC1CC(Nc2c(-c3nnc(C)o3)cnc3c2ccn3COCC[Si](C)(C)C)C1.Cc1nnc(-c2cnc3c(ccn3COCC[Si](C)(C)C)c2NC2CC(CC(=O)OC(C)(C)C)C2)o1. The van der Waals surface area contributed by atoms with E-state index in [-0.39, 0.29) is 35.5 Å². The summed E-state index contributed by atoms with van der Waals surface area (Å²) in [6.45, 7) is 27.6. The molecule has 0 aromatic carbocycles. The molecule has 2 aliphatic carbocycles. The first-order chi connectivity index (χ1) is 33.4. The van der Waals surface area contributed by atoms with Crippen LogP contribution in [0.3, 0.4) is 0 Å². The second-order valence-corrected chi connectivity index (χ2v) is 36.3. The Morgan fingerprint density at radius 1 is 0.732 bits per heavy atom. The number of ether oxygens (including phenoxy) is 3. The Hall–Kier alpha value is -4.97. The smallest absolute Gasteiger partial charge is 0.306 e. The van der Waals surface area contributed by atoms with Crippen molar-refractivity contribution >= 4 is 65.4 Å². The van der Waals surface area contributed by atoms with Crippen molar-refractivity contribution in [3.63, 3.8) is 0 Å². The van der Waals surface area contributed by atoms with Crippen molar-refractivity contribution in [1.82, 2.24) is 39.5 Å². The van der Waals surface area contributed by atoms with Gasteiger partial charge in [-0.05, 0) is 88.9 Å². The van der Waals surface area contributed by atoms with Crippen LogP contribution < -0.4 is 10.6 Å². The third-order valence-corrected chi connectivity index (χ3v) is 18.0.